The Hall–Kier alpha value is -4.22. The molecule has 9 heteroatoms. The van der Waals surface area contributed by atoms with Gasteiger partial charge in [0.15, 0.2) is 11.5 Å². The van der Waals surface area contributed by atoms with Crippen LogP contribution in [0.15, 0.2) is 60.2 Å². The molecule has 0 aromatic heterocycles. The molecule has 0 saturated carbocycles. The topological polar surface area (TPSA) is 89.8 Å². The number of rotatable bonds is 9. The quantitative estimate of drug-likeness (QED) is 0.305. The summed E-state index contributed by atoms with van der Waals surface area (Å²) in [5, 5.41) is 12.5. The molecule has 1 N–H and O–H groups in total. The molecule has 0 aliphatic heterocycles. The van der Waals surface area contributed by atoms with Gasteiger partial charge in [-0.05, 0) is 41.5 Å². The molecule has 0 aliphatic carbocycles. The lowest BCUT2D eigenvalue weighted by Gasteiger charge is -2.13. The number of nitriles is 1. The van der Waals surface area contributed by atoms with Gasteiger partial charge in [-0.1, -0.05) is 29.8 Å². The molecule has 0 fully saturated rings. The highest BCUT2D eigenvalue weighted by Crippen LogP contribution is 2.36. The van der Waals surface area contributed by atoms with Gasteiger partial charge in [0.25, 0.3) is 5.91 Å². The number of nitrogens with one attached hydrogen (secondary N) is 1. The van der Waals surface area contributed by atoms with Gasteiger partial charge >= 0.3 is 0 Å². The van der Waals surface area contributed by atoms with Crippen LogP contribution in [0.25, 0.3) is 6.08 Å². The molecule has 0 unspecified atom stereocenters. The molecule has 3 aromatic carbocycles. The zero-order chi connectivity index (χ0) is 25.4. The number of hydrogen-bond acceptors (Lipinski definition) is 6. The van der Waals surface area contributed by atoms with E-state index in [2.05, 4.69) is 5.32 Å². The molecule has 35 heavy (non-hydrogen) atoms. The summed E-state index contributed by atoms with van der Waals surface area (Å²) in [5.74, 6) is 0.536. The van der Waals surface area contributed by atoms with Gasteiger partial charge in [-0.2, -0.15) is 5.26 Å². The summed E-state index contributed by atoms with van der Waals surface area (Å²) >= 11 is 6.10. The third-order valence-electron chi connectivity index (χ3n) is 4.89. The number of methoxy groups -OCH3 is 3. The summed E-state index contributed by atoms with van der Waals surface area (Å²) in [7, 11) is 4.35. The molecule has 180 valence electrons. The van der Waals surface area contributed by atoms with Crippen molar-refractivity contribution in [2.45, 2.75) is 6.61 Å². The van der Waals surface area contributed by atoms with E-state index in [1.807, 2.05) is 6.07 Å². The summed E-state index contributed by atoms with van der Waals surface area (Å²) in [6.07, 6.45) is 1.42. The van der Waals surface area contributed by atoms with Crippen molar-refractivity contribution in [3.8, 4) is 29.1 Å². The molecule has 0 saturated heterocycles. The molecule has 7 nitrogen and oxygen atoms in total. The summed E-state index contributed by atoms with van der Waals surface area (Å²) < 4.78 is 34.7. The molecule has 0 radical (unpaired) electrons. The lowest BCUT2D eigenvalue weighted by molar-refractivity contribution is -0.112. The van der Waals surface area contributed by atoms with Crippen molar-refractivity contribution in [1.82, 2.24) is 0 Å². The lowest BCUT2D eigenvalue weighted by Crippen LogP contribution is -2.14. The van der Waals surface area contributed by atoms with Gasteiger partial charge < -0.3 is 24.3 Å². The third kappa shape index (κ3) is 6.43. The van der Waals surface area contributed by atoms with Gasteiger partial charge in [-0.25, -0.2) is 4.39 Å². The van der Waals surface area contributed by atoms with E-state index >= 15 is 0 Å². The molecule has 0 atom stereocenters. The average molecular weight is 497 g/mol. The van der Waals surface area contributed by atoms with Crippen molar-refractivity contribution in [3.63, 3.8) is 0 Å². The van der Waals surface area contributed by atoms with Gasteiger partial charge in [-0.3, -0.25) is 4.79 Å². The van der Waals surface area contributed by atoms with Crippen LogP contribution in [0.4, 0.5) is 10.1 Å². The molecule has 0 bridgehead atoms. The number of anilines is 1. The summed E-state index contributed by atoms with van der Waals surface area (Å²) in [6, 6.07) is 15.8. The van der Waals surface area contributed by atoms with E-state index in [9.17, 15) is 14.4 Å². The Bertz CT molecular complexity index is 1290. The maximum absolute atomic E-state index is 13.1. The standard InChI is InChI=1S/C26H22ClFN2O5/c1-32-23-13-21(24(33-2)12-20(23)27)30-26(31)18(14-29)10-17-6-9-22(25(11-17)34-3)35-15-16-4-7-19(28)8-5-16/h4-13H,15H2,1-3H3,(H,30,31)/b18-10+. The largest absolute Gasteiger partial charge is 0.495 e. The van der Waals surface area contributed by atoms with E-state index in [4.69, 9.17) is 30.5 Å². The van der Waals surface area contributed by atoms with E-state index in [1.165, 1.54) is 51.7 Å². The van der Waals surface area contributed by atoms with Crippen LogP contribution in [0.1, 0.15) is 11.1 Å². The summed E-state index contributed by atoms with van der Waals surface area (Å²) in [4.78, 5) is 12.8. The van der Waals surface area contributed by atoms with Crippen LogP contribution in [0, 0.1) is 17.1 Å². The predicted molar refractivity (Wildman–Crippen MR) is 131 cm³/mol. The highest BCUT2D eigenvalue weighted by Gasteiger charge is 2.16. The first kappa shape index (κ1) is 25.4. The lowest BCUT2D eigenvalue weighted by atomic mass is 10.1. The number of benzene rings is 3. The zero-order valence-electron chi connectivity index (χ0n) is 19.2. The Labute approximate surface area is 207 Å². The van der Waals surface area contributed by atoms with Crippen molar-refractivity contribution in [2.24, 2.45) is 0 Å². The fourth-order valence-corrected chi connectivity index (χ4v) is 3.33. The number of amides is 1. The van der Waals surface area contributed by atoms with Crippen molar-refractivity contribution in [3.05, 3.63) is 82.1 Å². The van der Waals surface area contributed by atoms with Gasteiger partial charge in [-0.15, -0.1) is 0 Å². The van der Waals surface area contributed by atoms with E-state index in [1.54, 1.807) is 30.3 Å². The van der Waals surface area contributed by atoms with Crippen molar-refractivity contribution >= 4 is 29.3 Å². The Kier molecular flexibility index (Phi) is 8.54. The van der Waals surface area contributed by atoms with E-state index in [-0.39, 0.29) is 18.0 Å². The average Bonchev–Trinajstić information content (AvgIpc) is 2.87. The Morgan fingerprint density at radius 2 is 1.66 bits per heavy atom. The van der Waals surface area contributed by atoms with E-state index < -0.39 is 5.91 Å². The van der Waals surface area contributed by atoms with Crippen LogP contribution in [-0.4, -0.2) is 27.2 Å². The van der Waals surface area contributed by atoms with Crippen LogP contribution >= 0.6 is 11.6 Å². The smallest absolute Gasteiger partial charge is 0.266 e. The fraction of sp³-hybridized carbons (Fsp3) is 0.154. The second kappa shape index (κ2) is 11.8. The first-order valence-electron chi connectivity index (χ1n) is 10.3. The number of hydrogen-bond donors (Lipinski definition) is 1. The molecule has 0 spiro atoms. The minimum Gasteiger partial charge on any atom is -0.495 e. The number of carbonyl (C=O) groups is 1. The number of halogens is 2. The molecule has 1 amide bonds. The van der Waals surface area contributed by atoms with Crippen LogP contribution in [0.5, 0.6) is 23.0 Å². The molecule has 0 heterocycles. The van der Waals surface area contributed by atoms with Crippen molar-refractivity contribution in [1.29, 1.82) is 5.26 Å². The van der Waals surface area contributed by atoms with E-state index in [0.29, 0.717) is 39.3 Å². The van der Waals surface area contributed by atoms with Gasteiger partial charge in [0.1, 0.15) is 35.6 Å². The number of carbonyl (C=O) groups excluding carboxylic acids is 1. The number of ether oxygens (including phenoxy) is 4. The maximum Gasteiger partial charge on any atom is 0.266 e. The molecular formula is C26H22ClFN2O5. The van der Waals surface area contributed by atoms with Crippen LogP contribution in [-0.2, 0) is 11.4 Å². The highest BCUT2D eigenvalue weighted by atomic mass is 35.5. The van der Waals surface area contributed by atoms with Gasteiger partial charge in [0, 0.05) is 12.1 Å². The number of nitrogens with zero attached hydrogens (tertiary/aromatic N) is 1. The monoisotopic (exact) mass is 496 g/mol. The third-order valence-corrected chi connectivity index (χ3v) is 5.19. The zero-order valence-corrected chi connectivity index (χ0v) is 20.0. The molecule has 3 aromatic rings. The Balaban J connectivity index is 1.79. The summed E-state index contributed by atoms with van der Waals surface area (Å²) in [6.45, 7) is 0.212. The summed E-state index contributed by atoms with van der Waals surface area (Å²) in [5.41, 5.74) is 1.48. The first-order chi connectivity index (χ1) is 16.9. The van der Waals surface area contributed by atoms with Gasteiger partial charge in [0.2, 0.25) is 0 Å². The Morgan fingerprint density at radius 3 is 2.29 bits per heavy atom. The van der Waals surface area contributed by atoms with Crippen LogP contribution < -0.4 is 24.3 Å². The SMILES string of the molecule is COc1cc(NC(=O)/C(C#N)=C/c2ccc(OCc3ccc(F)cc3)c(OC)c2)c(OC)cc1Cl. The molecule has 0 aliphatic rings. The van der Waals surface area contributed by atoms with Crippen molar-refractivity contribution < 1.29 is 28.1 Å². The van der Waals surface area contributed by atoms with Crippen molar-refractivity contribution in [2.75, 3.05) is 26.6 Å². The minimum absolute atomic E-state index is 0.150. The predicted octanol–water partition coefficient (Wildman–Crippen LogP) is 5.63. The first-order valence-corrected chi connectivity index (χ1v) is 10.7. The van der Waals surface area contributed by atoms with Gasteiger partial charge in [0.05, 0.1) is 32.0 Å². The maximum atomic E-state index is 13.1. The second-order valence-corrected chi connectivity index (χ2v) is 7.54. The minimum atomic E-state index is -0.647. The van der Waals surface area contributed by atoms with E-state index in [0.717, 1.165) is 5.56 Å². The highest BCUT2D eigenvalue weighted by molar-refractivity contribution is 6.32. The normalized spacial score (nSPS) is 10.8. The molecular weight excluding hydrogens is 475 g/mol. The van der Waals surface area contributed by atoms with Crippen LogP contribution in [0.2, 0.25) is 5.02 Å². The fourth-order valence-electron chi connectivity index (χ4n) is 3.10. The van der Waals surface area contributed by atoms with Crippen LogP contribution in [0.3, 0.4) is 0 Å². The Morgan fingerprint density at radius 1 is 0.971 bits per heavy atom. The second-order valence-electron chi connectivity index (χ2n) is 7.14. The molecule has 3 rings (SSSR count).